The molecule has 0 spiro atoms. The zero-order valence-corrected chi connectivity index (χ0v) is 13.5. The first-order valence-corrected chi connectivity index (χ1v) is 7.75. The van der Waals surface area contributed by atoms with E-state index >= 15 is 0 Å². The Labute approximate surface area is 140 Å². The Kier molecular flexibility index (Phi) is 4.90. The number of anilines is 1. The number of rotatable bonds is 7. The average Bonchev–Trinajstić information content (AvgIpc) is 3.20. The standard InChI is InChI=1S/C17H20N6O/c1-14-12-23(17(18)21-14)20-11-15-3-5-16(6-4-15)24-10-2-8-22-9-7-19-13-22/h3-7,9,11-13H,2,8,10H2,1H3,(H2,18,21). The molecule has 24 heavy (non-hydrogen) atoms. The van der Waals surface area contributed by atoms with E-state index in [1.165, 1.54) is 0 Å². The summed E-state index contributed by atoms with van der Waals surface area (Å²) in [5, 5.41) is 4.29. The van der Waals surface area contributed by atoms with Crippen molar-refractivity contribution >= 4 is 12.2 Å². The van der Waals surface area contributed by atoms with Gasteiger partial charge in [-0.05, 0) is 43.2 Å². The van der Waals surface area contributed by atoms with Crippen LogP contribution in [0.4, 0.5) is 5.95 Å². The Hall–Kier alpha value is -3.09. The lowest BCUT2D eigenvalue weighted by atomic mass is 10.2. The minimum absolute atomic E-state index is 0.376. The Bertz CT molecular complexity index is 789. The highest BCUT2D eigenvalue weighted by molar-refractivity contribution is 5.79. The molecular formula is C17H20N6O. The maximum Gasteiger partial charge on any atom is 0.221 e. The first-order chi connectivity index (χ1) is 11.7. The molecule has 0 aliphatic rings. The number of imidazole rings is 2. The highest BCUT2D eigenvalue weighted by Crippen LogP contribution is 2.12. The number of ether oxygens (including phenoxy) is 1. The molecule has 2 N–H and O–H groups in total. The first-order valence-electron chi connectivity index (χ1n) is 7.75. The molecule has 0 bridgehead atoms. The van der Waals surface area contributed by atoms with Gasteiger partial charge in [-0.25, -0.2) is 14.6 Å². The summed E-state index contributed by atoms with van der Waals surface area (Å²) in [6, 6.07) is 7.77. The average molecular weight is 324 g/mol. The van der Waals surface area contributed by atoms with Crippen LogP contribution in [0.15, 0.2) is 54.3 Å². The lowest BCUT2D eigenvalue weighted by Gasteiger charge is -2.06. The van der Waals surface area contributed by atoms with Gasteiger partial charge >= 0.3 is 0 Å². The molecule has 0 amide bonds. The van der Waals surface area contributed by atoms with Gasteiger partial charge in [-0.1, -0.05) is 0 Å². The third kappa shape index (κ3) is 4.22. The molecular weight excluding hydrogens is 304 g/mol. The van der Waals surface area contributed by atoms with Crippen molar-refractivity contribution in [3.8, 4) is 5.75 Å². The second-order valence-electron chi connectivity index (χ2n) is 5.40. The number of nitrogen functional groups attached to an aromatic ring is 1. The van der Waals surface area contributed by atoms with Crippen LogP contribution in [0.5, 0.6) is 5.75 Å². The molecule has 0 aliphatic carbocycles. The fourth-order valence-electron chi connectivity index (χ4n) is 2.23. The smallest absolute Gasteiger partial charge is 0.221 e. The molecule has 0 saturated heterocycles. The molecule has 0 fully saturated rings. The van der Waals surface area contributed by atoms with Crippen LogP contribution in [0, 0.1) is 6.92 Å². The topological polar surface area (TPSA) is 83.2 Å². The van der Waals surface area contributed by atoms with Gasteiger partial charge in [0, 0.05) is 18.9 Å². The minimum Gasteiger partial charge on any atom is -0.494 e. The summed E-state index contributed by atoms with van der Waals surface area (Å²) in [5.41, 5.74) is 7.55. The summed E-state index contributed by atoms with van der Waals surface area (Å²) in [6.07, 6.45) is 9.98. The van der Waals surface area contributed by atoms with Crippen LogP contribution < -0.4 is 10.5 Å². The van der Waals surface area contributed by atoms with Gasteiger partial charge in [-0.2, -0.15) is 5.10 Å². The molecule has 1 aromatic carbocycles. The molecule has 3 rings (SSSR count). The molecule has 2 heterocycles. The molecule has 0 aliphatic heterocycles. The molecule has 0 radical (unpaired) electrons. The fourth-order valence-corrected chi connectivity index (χ4v) is 2.23. The Morgan fingerprint density at radius 2 is 2.12 bits per heavy atom. The number of aryl methyl sites for hydroxylation is 2. The van der Waals surface area contributed by atoms with Gasteiger partial charge in [0.1, 0.15) is 5.75 Å². The third-order valence-corrected chi connectivity index (χ3v) is 3.43. The van der Waals surface area contributed by atoms with Crippen molar-refractivity contribution in [2.24, 2.45) is 5.10 Å². The van der Waals surface area contributed by atoms with Crippen molar-refractivity contribution in [2.45, 2.75) is 19.9 Å². The van der Waals surface area contributed by atoms with E-state index in [2.05, 4.69) is 15.1 Å². The highest BCUT2D eigenvalue weighted by Gasteiger charge is 1.99. The lowest BCUT2D eigenvalue weighted by molar-refractivity contribution is 0.302. The summed E-state index contributed by atoms with van der Waals surface area (Å²) in [7, 11) is 0. The van der Waals surface area contributed by atoms with Gasteiger partial charge in [0.2, 0.25) is 5.95 Å². The van der Waals surface area contributed by atoms with E-state index in [1.54, 1.807) is 23.3 Å². The van der Waals surface area contributed by atoms with Gasteiger partial charge < -0.3 is 15.0 Å². The Balaban J connectivity index is 1.49. The van der Waals surface area contributed by atoms with E-state index in [0.29, 0.717) is 12.6 Å². The normalized spacial score (nSPS) is 11.2. The number of hydrogen-bond acceptors (Lipinski definition) is 5. The van der Waals surface area contributed by atoms with Crippen molar-refractivity contribution in [2.75, 3.05) is 12.3 Å². The summed E-state index contributed by atoms with van der Waals surface area (Å²) < 4.78 is 9.32. The lowest BCUT2D eigenvalue weighted by Crippen LogP contribution is -2.03. The number of benzene rings is 1. The fraction of sp³-hybridized carbons (Fsp3) is 0.235. The van der Waals surface area contributed by atoms with Crippen LogP contribution in [-0.2, 0) is 6.54 Å². The Morgan fingerprint density at radius 1 is 1.29 bits per heavy atom. The number of aromatic nitrogens is 4. The maximum atomic E-state index is 5.75. The predicted molar refractivity (Wildman–Crippen MR) is 93.1 cm³/mol. The molecule has 7 heteroatoms. The number of nitrogens with two attached hydrogens (primary N) is 1. The monoisotopic (exact) mass is 324 g/mol. The summed E-state index contributed by atoms with van der Waals surface area (Å²) >= 11 is 0. The SMILES string of the molecule is Cc1cn(N=Cc2ccc(OCCCn3ccnc3)cc2)c(N)n1. The molecule has 124 valence electrons. The summed E-state index contributed by atoms with van der Waals surface area (Å²) in [4.78, 5) is 8.11. The zero-order valence-electron chi connectivity index (χ0n) is 13.5. The van der Waals surface area contributed by atoms with Crippen LogP contribution in [0.2, 0.25) is 0 Å². The van der Waals surface area contributed by atoms with Crippen molar-refractivity contribution in [1.29, 1.82) is 0 Å². The van der Waals surface area contributed by atoms with Gasteiger partial charge in [0.15, 0.2) is 0 Å². The Morgan fingerprint density at radius 3 is 2.79 bits per heavy atom. The van der Waals surface area contributed by atoms with Gasteiger partial charge in [-0.3, -0.25) is 0 Å². The summed E-state index contributed by atoms with van der Waals surface area (Å²) in [6.45, 7) is 3.44. The molecule has 0 saturated carbocycles. The largest absolute Gasteiger partial charge is 0.494 e. The minimum atomic E-state index is 0.376. The molecule has 2 aromatic heterocycles. The van der Waals surface area contributed by atoms with Gasteiger partial charge in [0.05, 0.1) is 31.0 Å². The quantitative estimate of drug-likeness (QED) is 0.534. The second-order valence-corrected chi connectivity index (χ2v) is 5.40. The van der Waals surface area contributed by atoms with Crippen molar-refractivity contribution in [3.05, 3.63) is 60.4 Å². The van der Waals surface area contributed by atoms with Crippen molar-refractivity contribution < 1.29 is 4.74 Å². The van der Waals surface area contributed by atoms with E-state index in [4.69, 9.17) is 10.5 Å². The van der Waals surface area contributed by atoms with Crippen LogP contribution in [0.1, 0.15) is 17.7 Å². The first kappa shape index (κ1) is 15.8. The number of nitrogens with zero attached hydrogens (tertiary/aromatic N) is 5. The van der Waals surface area contributed by atoms with Crippen LogP contribution in [-0.4, -0.2) is 32.0 Å². The maximum absolute atomic E-state index is 5.75. The zero-order chi connectivity index (χ0) is 16.8. The summed E-state index contributed by atoms with van der Waals surface area (Å²) in [5.74, 6) is 1.22. The van der Waals surface area contributed by atoms with Gasteiger partial charge in [0.25, 0.3) is 0 Å². The predicted octanol–water partition coefficient (Wildman–Crippen LogP) is 2.32. The van der Waals surface area contributed by atoms with Crippen molar-refractivity contribution in [1.82, 2.24) is 19.2 Å². The van der Waals surface area contributed by atoms with Crippen LogP contribution in [0.25, 0.3) is 0 Å². The third-order valence-electron chi connectivity index (χ3n) is 3.43. The molecule has 7 nitrogen and oxygen atoms in total. The highest BCUT2D eigenvalue weighted by atomic mass is 16.5. The van der Waals surface area contributed by atoms with E-state index in [-0.39, 0.29) is 0 Å². The van der Waals surface area contributed by atoms with Gasteiger partial charge in [-0.15, -0.1) is 0 Å². The van der Waals surface area contributed by atoms with E-state index < -0.39 is 0 Å². The molecule has 3 aromatic rings. The number of hydrogen-bond donors (Lipinski definition) is 1. The van der Waals surface area contributed by atoms with E-state index in [9.17, 15) is 0 Å². The van der Waals surface area contributed by atoms with E-state index in [0.717, 1.165) is 30.0 Å². The van der Waals surface area contributed by atoms with Crippen LogP contribution >= 0.6 is 0 Å². The van der Waals surface area contributed by atoms with Crippen LogP contribution in [0.3, 0.4) is 0 Å². The molecule has 0 unspecified atom stereocenters. The van der Waals surface area contributed by atoms with E-state index in [1.807, 2.05) is 48.3 Å². The second kappa shape index (κ2) is 7.45. The molecule has 0 atom stereocenters. The van der Waals surface area contributed by atoms with Crippen molar-refractivity contribution in [3.63, 3.8) is 0 Å².